The molecule has 0 saturated carbocycles. The van der Waals surface area contributed by atoms with Gasteiger partial charge in [0.2, 0.25) is 0 Å². The first-order chi connectivity index (χ1) is 8.45. The van der Waals surface area contributed by atoms with E-state index < -0.39 is 18.0 Å². The highest BCUT2D eigenvalue weighted by molar-refractivity contribution is 5.89. The number of carbonyl (C=O) groups excluding carboxylic acids is 1. The molecule has 0 fully saturated rings. The number of hydrogen-bond donors (Lipinski definition) is 2. The van der Waals surface area contributed by atoms with Crippen molar-refractivity contribution in [2.75, 3.05) is 12.4 Å². The van der Waals surface area contributed by atoms with Crippen molar-refractivity contribution >= 4 is 17.6 Å². The summed E-state index contributed by atoms with van der Waals surface area (Å²) in [4.78, 5) is 22.3. The number of carbonyl (C=O) groups is 2. The Morgan fingerprint density at radius 2 is 1.78 bits per heavy atom. The van der Waals surface area contributed by atoms with Crippen LogP contribution >= 0.6 is 0 Å². The molecule has 0 unspecified atom stereocenters. The van der Waals surface area contributed by atoms with Crippen molar-refractivity contribution in [3.63, 3.8) is 0 Å². The summed E-state index contributed by atoms with van der Waals surface area (Å²) in [6, 6.07) is 5.84. The molecule has 1 aromatic carbocycles. The van der Waals surface area contributed by atoms with Gasteiger partial charge in [-0.1, -0.05) is 13.8 Å². The monoisotopic (exact) mass is 251 g/mol. The van der Waals surface area contributed by atoms with Gasteiger partial charge in [0.15, 0.2) is 0 Å². The van der Waals surface area contributed by atoms with E-state index in [0.717, 1.165) is 0 Å². The highest BCUT2D eigenvalue weighted by Gasteiger charge is 2.20. The zero-order valence-electron chi connectivity index (χ0n) is 10.6. The highest BCUT2D eigenvalue weighted by Crippen LogP contribution is 2.14. The van der Waals surface area contributed by atoms with Gasteiger partial charge in [-0.2, -0.15) is 0 Å². The lowest BCUT2D eigenvalue weighted by Gasteiger charge is -2.19. The van der Waals surface area contributed by atoms with Gasteiger partial charge in [0, 0.05) is 5.69 Å². The number of nitrogens with one attached hydrogen (secondary N) is 1. The molecule has 2 N–H and O–H groups in total. The number of benzene rings is 1. The second kappa shape index (κ2) is 6.05. The van der Waals surface area contributed by atoms with Crippen LogP contribution in [-0.2, 0) is 9.53 Å². The zero-order valence-corrected chi connectivity index (χ0v) is 10.6. The Kier molecular flexibility index (Phi) is 4.71. The summed E-state index contributed by atoms with van der Waals surface area (Å²) in [6.45, 7) is 3.66. The molecule has 98 valence electrons. The average molecular weight is 251 g/mol. The summed E-state index contributed by atoms with van der Waals surface area (Å²) in [5, 5.41) is 12.0. The van der Waals surface area contributed by atoms with Crippen LogP contribution in [-0.4, -0.2) is 30.2 Å². The minimum Gasteiger partial charge on any atom is -0.480 e. The van der Waals surface area contributed by atoms with E-state index in [1.807, 2.05) is 13.8 Å². The van der Waals surface area contributed by atoms with Crippen molar-refractivity contribution < 1.29 is 19.4 Å². The predicted octanol–water partition coefficient (Wildman–Crippen LogP) is 1.99. The van der Waals surface area contributed by atoms with E-state index in [9.17, 15) is 9.59 Å². The molecule has 1 rings (SSSR count). The van der Waals surface area contributed by atoms with Crippen LogP contribution in [0.2, 0.25) is 0 Å². The Morgan fingerprint density at radius 3 is 2.17 bits per heavy atom. The third-order valence-corrected chi connectivity index (χ3v) is 2.56. The molecule has 0 aliphatic heterocycles. The van der Waals surface area contributed by atoms with E-state index in [-0.39, 0.29) is 5.92 Å². The van der Waals surface area contributed by atoms with E-state index >= 15 is 0 Å². The van der Waals surface area contributed by atoms with E-state index in [2.05, 4.69) is 10.1 Å². The molecule has 0 heterocycles. The van der Waals surface area contributed by atoms with Crippen LogP contribution in [0.1, 0.15) is 24.2 Å². The predicted molar refractivity (Wildman–Crippen MR) is 67.7 cm³/mol. The van der Waals surface area contributed by atoms with Crippen LogP contribution in [0.5, 0.6) is 0 Å². The van der Waals surface area contributed by atoms with Gasteiger partial charge < -0.3 is 15.2 Å². The van der Waals surface area contributed by atoms with Crippen molar-refractivity contribution in [2.24, 2.45) is 5.92 Å². The Balaban J connectivity index is 2.79. The molecule has 5 nitrogen and oxygen atoms in total. The first-order valence-corrected chi connectivity index (χ1v) is 5.63. The van der Waals surface area contributed by atoms with E-state index in [1.54, 1.807) is 24.3 Å². The molecular formula is C13H17NO4. The summed E-state index contributed by atoms with van der Waals surface area (Å²) >= 11 is 0. The maximum absolute atomic E-state index is 11.2. The second-order valence-electron chi connectivity index (χ2n) is 4.27. The first-order valence-electron chi connectivity index (χ1n) is 5.63. The molecule has 0 aromatic heterocycles. The fourth-order valence-electron chi connectivity index (χ4n) is 1.51. The lowest BCUT2D eigenvalue weighted by atomic mass is 10.0. The summed E-state index contributed by atoms with van der Waals surface area (Å²) in [6.07, 6.45) is 0. The van der Waals surface area contributed by atoms with Crippen LogP contribution in [0.4, 0.5) is 5.69 Å². The normalized spacial score (nSPS) is 12.0. The lowest BCUT2D eigenvalue weighted by molar-refractivity contribution is -0.138. The van der Waals surface area contributed by atoms with E-state index in [4.69, 9.17) is 5.11 Å². The molecule has 0 aliphatic rings. The number of anilines is 1. The highest BCUT2D eigenvalue weighted by atomic mass is 16.5. The molecule has 0 bridgehead atoms. The number of carboxylic acid groups (broad SMARTS) is 1. The molecule has 0 aliphatic carbocycles. The van der Waals surface area contributed by atoms with Crippen molar-refractivity contribution in [3.8, 4) is 0 Å². The van der Waals surface area contributed by atoms with Gasteiger partial charge in [-0.15, -0.1) is 0 Å². The van der Waals surface area contributed by atoms with Crippen LogP contribution in [0, 0.1) is 5.92 Å². The van der Waals surface area contributed by atoms with E-state index in [1.165, 1.54) is 7.11 Å². The van der Waals surface area contributed by atoms with Crippen LogP contribution in [0.15, 0.2) is 24.3 Å². The van der Waals surface area contributed by atoms with Gasteiger partial charge in [-0.25, -0.2) is 9.59 Å². The average Bonchev–Trinajstić information content (AvgIpc) is 2.35. The molecule has 0 amide bonds. The number of aliphatic carboxylic acids is 1. The van der Waals surface area contributed by atoms with Crippen molar-refractivity contribution in [3.05, 3.63) is 29.8 Å². The number of methoxy groups -OCH3 is 1. The minimum atomic E-state index is -0.901. The molecule has 1 atom stereocenters. The second-order valence-corrected chi connectivity index (χ2v) is 4.27. The maximum atomic E-state index is 11.2. The summed E-state index contributed by atoms with van der Waals surface area (Å²) in [5.41, 5.74) is 1.09. The molecule has 1 aromatic rings. The number of carboxylic acids is 1. The summed E-state index contributed by atoms with van der Waals surface area (Å²) in [5.74, 6) is -1.36. The topological polar surface area (TPSA) is 75.6 Å². The van der Waals surface area contributed by atoms with Crippen LogP contribution in [0.25, 0.3) is 0 Å². The van der Waals surface area contributed by atoms with Crippen molar-refractivity contribution in [1.82, 2.24) is 0 Å². The zero-order chi connectivity index (χ0) is 13.7. The minimum absolute atomic E-state index is 0.0391. The van der Waals surface area contributed by atoms with Gasteiger partial charge in [0.1, 0.15) is 6.04 Å². The summed E-state index contributed by atoms with van der Waals surface area (Å²) < 4.78 is 4.58. The Hall–Kier alpha value is -2.04. The Labute approximate surface area is 106 Å². The third kappa shape index (κ3) is 3.48. The molecule has 0 spiro atoms. The molecule has 0 radical (unpaired) electrons. The Bertz CT molecular complexity index is 425. The van der Waals surface area contributed by atoms with Gasteiger partial charge >= 0.3 is 11.9 Å². The fourth-order valence-corrected chi connectivity index (χ4v) is 1.51. The third-order valence-electron chi connectivity index (χ3n) is 2.56. The van der Waals surface area contributed by atoms with E-state index in [0.29, 0.717) is 11.3 Å². The van der Waals surface area contributed by atoms with Crippen molar-refractivity contribution in [2.45, 2.75) is 19.9 Å². The van der Waals surface area contributed by atoms with Gasteiger partial charge in [0.05, 0.1) is 12.7 Å². The molecule has 5 heteroatoms. The lowest BCUT2D eigenvalue weighted by Crippen LogP contribution is -2.34. The SMILES string of the molecule is COC(=O)c1ccc(N[C@H](C(=O)O)C(C)C)cc1. The molecular weight excluding hydrogens is 234 g/mol. The molecule has 18 heavy (non-hydrogen) atoms. The molecule has 0 saturated heterocycles. The fraction of sp³-hybridized carbons (Fsp3) is 0.385. The van der Waals surface area contributed by atoms with Crippen molar-refractivity contribution in [1.29, 1.82) is 0 Å². The maximum Gasteiger partial charge on any atom is 0.337 e. The van der Waals surface area contributed by atoms with Gasteiger partial charge in [-0.05, 0) is 30.2 Å². The Morgan fingerprint density at radius 1 is 1.22 bits per heavy atom. The largest absolute Gasteiger partial charge is 0.480 e. The number of hydrogen-bond acceptors (Lipinski definition) is 4. The quantitative estimate of drug-likeness (QED) is 0.783. The standard InChI is InChI=1S/C13H17NO4/c1-8(2)11(12(15)16)14-10-6-4-9(5-7-10)13(17)18-3/h4-8,11,14H,1-3H3,(H,15,16)/t11-/m0/s1. The van der Waals surface area contributed by atoms with Gasteiger partial charge in [-0.3, -0.25) is 0 Å². The van der Waals surface area contributed by atoms with Crippen LogP contribution < -0.4 is 5.32 Å². The first kappa shape index (κ1) is 14.0. The van der Waals surface area contributed by atoms with Gasteiger partial charge in [0.25, 0.3) is 0 Å². The van der Waals surface area contributed by atoms with Crippen LogP contribution in [0.3, 0.4) is 0 Å². The smallest absolute Gasteiger partial charge is 0.337 e. The number of rotatable bonds is 5. The summed E-state index contributed by atoms with van der Waals surface area (Å²) in [7, 11) is 1.31. The number of ether oxygens (including phenoxy) is 1. The number of esters is 1.